The molecule has 17 heavy (non-hydrogen) atoms. The molecule has 0 aromatic heterocycles. The zero-order valence-corrected chi connectivity index (χ0v) is 10.1. The number of ether oxygens (including phenoxy) is 1. The predicted molar refractivity (Wildman–Crippen MR) is 63.0 cm³/mol. The fraction of sp³-hybridized carbons (Fsp3) is 0.818. The standard InChI is InChI=1S/C11H21N3O3/c1-7-6-8(2-3-9(7)12)10(15)14-4-5-17-11(13)16/h7-9H,2-6,12H2,1H3,(H2,13,16)(H,14,15). The van der Waals surface area contributed by atoms with E-state index in [4.69, 9.17) is 11.5 Å². The Bertz CT molecular complexity index is 283. The molecule has 0 aromatic rings. The second-order valence-corrected chi connectivity index (χ2v) is 4.61. The van der Waals surface area contributed by atoms with Crippen LogP contribution in [0.2, 0.25) is 0 Å². The van der Waals surface area contributed by atoms with Gasteiger partial charge >= 0.3 is 6.09 Å². The fourth-order valence-corrected chi connectivity index (χ4v) is 2.13. The van der Waals surface area contributed by atoms with Crippen molar-refractivity contribution in [3.05, 3.63) is 0 Å². The summed E-state index contributed by atoms with van der Waals surface area (Å²) in [4.78, 5) is 22.1. The number of carbonyl (C=O) groups is 2. The number of hydrogen-bond acceptors (Lipinski definition) is 4. The molecule has 0 bridgehead atoms. The number of carbonyl (C=O) groups excluding carboxylic acids is 2. The van der Waals surface area contributed by atoms with Gasteiger partial charge in [-0.05, 0) is 25.2 Å². The summed E-state index contributed by atoms with van der Waals surface area (Å²) in [5.74, 6) is 0.413. The van der Waals surface area contributed by atoms with E-state index < -0.39 is 6.09 Å². The average molecular weight is 243 g/mol. The number of rotatable bonds is 4. The summed E-state index contributed by atoms with van der Waals surface area (Å²) >= 11 is 0. The first-order chi connectivity index (χ1) is 8.00. The zero-order valence-electron chi connectivity index (χ0n) is 10.1. The number of primary amides is 1. The van der Waals surface area contributed by atoms with Gasteiger partial charge in [0, 0.05) is 12.0 Å². The third-order valence-corrected chi connectivity index (χ3v) is 3.25. The molecule has 1 fully saturated rings. The lowest BCUT2D eigenvalue weighted by Gasteiger charge is -2.30. The Balaban J connectivity index is 2.21. The summed E-state index contributed by atoms with van der Waals surface area (Å²) in [5, 5.41) is 2.73. The van der Waals surface area contributed by atoms with E-state index in [2.05, 4.69) is 17.0 Å². The molecular weight excluding hydrogens is 222 g/mol. The van der Waals surface area contributed by atoms with Crippen LogP contribution in [0.1, 0.15) is 26.2 Å². The lowest BCUT2D eigenvalue weighted by atomic mass is 9.79. The molecule has 6 nitrogen and oxygen atoms in total. The predicted octanol–water partition coefficient (Wildman–Crippen LogP) is -0.0386. The third kappa shape index (κ3) is 4.60. The van der Waals surface area contributed by atoms with Crippen LogP contribution in [-0.4, -0.2) is 31.2 Å². The van der Waals surface area contributed by atoms with E-state index in [9.17, 15) is 9.59 Å². The van der Waals surface area contributed by atoms with Gasteiger partial charge in [0.05, 0.1) is 6.54 Å². The maximum atomic E-state index is 11.8. The number of hydrogen-bond donors (Lipinski definition) is 3. The summed E-state index contributed by atoms with van der Waals surface area (Å²) in [6, 6.07) is 0.206. The van der Waals surface area contributed by atoms with Gasteiger partial charge in [0.2, 0.25) is 5.91 Å². The van der Waals surface area contributed by atoms with Crippen molar-refractivity contribution < 1.29 is 14.3 Å². The summed E-state index contributed by atoms with van der Waals surface area (Å²) < 4.78 is 4.52. The highest BCUT2D eigenvalue weighted by Gasteiger charge is 2.29. The van der Waals surface area contributed by atoms with Gasteiger partial charge in [-0.3, -0.25) is 4.79 Å². The van der Waals surface area contributed by atoms with Gasteiger partial charge < -0.3 is 21.5 Å². The molecule has 98 valence electrons. The van der Waals surface area contributed by atoms with Crippen LogP contribution in [0.15, 0.2) is 0 Å². The van der Waals surface area contributed by atoms with Crippen LogP contribution in [0.25, 0.3) is 0 Å². The van der Waals surface area contributed by atoms with Crippen molar-refractivity contribution in [2.45, 2.75) is 32.2 Å². The summed E-state index contributed by atoms with van der Waals surface area (Å²) in [5.41, 5.74) is 10.7. The Morgan fingerprint density at radius 2 is 2.12 bits per heavy atom. The monoisotopic (exact) mass is 243 g/mol. The van der Waals surface area contributed by atoms with Gasteiger partial charge in [-0.25, -0.2) is 4.79 Å². The molecule has 2 amide bonds. The van der Waals surface area contributed by atoms with Gasteiger partial charge in [-0.1, -0.05) is 6.92 Å². The first-order valence-electron chi connectivity index (χ1n) is 5.96. The van der Waals surface area contributed by atoms with E-state index in [-0.39, 0.29) is 24.5 Å². The summed E-state index contributed by atoms with van der Waals surface area (Å²) in [7, 11) is 0. The zero-order chi connectivity index (χ0) is 12.8. The van der Waals surface area contributed by atoms with E-state index in [1.54, 1.807) is 0 Å². The van der Waals surface area contributed by atoms with Gasteiger partial charge in [0.25, 0.3) is 0 Å². The molecule has 0 saturated heterocycles. The minimum Gasteiger partial charge on any atom is -0.448 e. The fourth-order valence-electron chi connectivity index (χ4n) is 2.13. The molecule has 1 rings (SSSR count). The highest BCUT2D eigenvalue weighted by molar-refractivity contribution is 5.78. The topological polar surface area (TPSA) is 107 Å². The highest BCUT2D eigenvalue weighted by atomic mass is 16.5. The van der Waals surface area contributed by atoms with Crippen LogP contribution in [0.3, 0.4) is 0 Å². The smallest absolute Gasteiger partial charge is 0.404 e. The van der Waals surface area contributed by atoms with Crippen molar-refractivity contribution in [3.63, 3.8) is 0 Å². The van der Waals surface area contributed by atoms with Crippen LogP contribution in [-0.2, 0) is 9.53 Å². The van der Waals surface area contributed by atoms with Gasteiger partial charge in [0.1, 0.15) is 6.61 Å². The van der Waals surface area contributed by atoms with Crippen LogP contribution >= 0.6 is 0 Å². The lowest BCUT2D eigenvalue weighted by molar-refractivity contribution is -0.126. The van der Waals surface area contributed by atoms with Crippen molar-refractivity contribution in [1.29, 1.82) is 0 Å². The Kier molecular flexibility index (Phi) is 5.21. The minimum absolute atomic E-state index is 0.0109. The second kappa shape index (κ2) is 6.44. The van der Waals surface area contributed by atoms with Crippen molar-refractivity contribution in [1.82, 2.24) is 5.32 Å². The number of nitrogens with two attached hydrogens (primary N) is 2. The van der Waals surface area contributed by atoms with Crippen LogP contribution < -0.4 is 16.8 Å². The Morgan fingerprint density at radius 1 is 1.41 bits per heavy atom. The van der Waals surface area contributed by atoms with Crippen molar-refractivity contribution in [3.8, 4) is 0 Å². The molecule has 3 atom stereocenters. The maximum Gasteiger partial charge on any atom is 0.404 e. The van der Waals surface area contributed by atoms with E-state index >= 15 is 0 Å². The molecule has 1 saturated carbocycles. The van der Waals surface area contributed by atoms with Gasteiger partial charge in [-0.2, -0.15) is 0 Å². The van der Waals surface area contributed by atoms with Crippen LogP contribution in [0.5, 0.6) is 0 Å². The highest BCUT2D eigenvalue weighted by Crippen LogP contribution is 2.27. The third-order valence-electron chi connectivity index (χ3n) is 3.25. The van der Waals surface area contributed by atoms with Gasteiger partial charge in [0.15, 0.2) is 0 Å². The molecule has 0 aromatic carbocycles. The van der Waals surface area contributed by atoms with Crippen molar-refractivity contribution in [2.75, 3.05) is 13.2 Å². The summed E-state index contributed by atoms with van der Waals surface area (Å²) in [6.45, 7) is 2.49. The molecule has 0 spiro atoms. The molecule has 5 N–H and O–H groups in total. The van der Waals surface area contributed by atoms with Crippen molar-refractivity contribution in [2.24, 2.45) is 23.3 Å². The van der Waals surface area contributed by atoms with E-state index in [1.807, 2.05) is 0 Å². The van der Waals surface area contributed by atoms with E-state index in [0.29, 0.717) is 12.5 Å². The molecule has 3 unspecified atom stereocenters. The average Bonchev–Trinajstić information content (AvgIpc) is 2.27. The van der Waals surface area contributed by atoms with Crippen molar-refractivity contribution >= 4 is 12.0 Å². The second-order valence-electron chi connectivity index (χ2n) is 4.61. The molecule has 6 heteroatoms. The normalized spacial score (nSPS) is 28.5. The number of amides is 2. The van der Waals surface area contributed by atoms with Gasteiger partial charge in [-0.15, -0.1) is 0 Å². The summed E-state index contributed by atoms with van der Waals surface area (Å²) in [6.07, 6.45) is 1.71. The minimum atomic E-state index is -0.823. The molecule has 1 aliphatic rings. The van der Waals surface area contributed by atoms with Crippen LogP contribution in [0.4, 0.5) is 4.79 Å². The molecular formula is C11H21N3O3. The molecule has 1 aliphatic carbocycles. The molecule has 0 radical (unpaired) electrons. The van der Waals surface area contributed by atoms with E-state index in [0.717, 1.165) is 19.3 Å². The molecule has 0 heterocycles. The SMILES string of the molecule is CC1CC(C(=O)NCCOC(N)=O)CCC1N. The Labute approximate surface area is 101 Å². The van der Waals surface area contributed by atoms with Crippen LogP contribution in [0, 0.1) is 11.8 Å². The maximum absolute atomic E-state index is 11.8. The Morgan fingerprint density at radius 3 is 2.71 bits per heavy atom. The first-order valence-corrected chi connectivity index (χ1v) is 5.96. The lowest BCUT2D eigenvalue weighted by Crippen LogP contribution is -2.41. The largest absolute Gasteiger partial charge is 0.448 e. The Hall–Kier alpha value is -1.30. The number of nitrogens with one attached hydrogen (secondary N) is 1. The molecule has 0 aliphatic heterocycles. The van der Waals surface area contributed by atoms with E-state index in [1.165, 1.54) is 0 Å². The first kappa shape index (κ1) is 13.8. The quantitative estimate of drug-likeness (QED) is 0.602.